The van der Waals surface area contributed by atoms with E-state index in [0.29, 0.717) is 6.42 Å². The molecule has 0 bridgehead atoms. The van der Waals surface area contributed by atoms with Crippen LogP contribution in [-0.4, -0.2) is 37.5 Å². The molecule has 0 aromatic carbocycles. The van der Waals surface area contributed by atoms with Crippen molar-refractivity contribution < 1.29 is 19.1 Å². The van der Waals surface area contributed by atoms with Crippen LogP contribution in [0.2, 0.25) is 0 Å². The van der Waals surface area contributed by atoms with Crippen molar-refractivity contribution in [1.29, 1.82) is 0 Å². The van der Waals surface area contributed by atoms with Crippen molar-refractivity contribution in [2.45, 2.75) is 32.8 Å². The van der Waals surface area contributed by atoms with E-state index in [1.165, 1.54) is 7.11 Å². The number of ketones is 1. The van der Waals surface area contributed by atoms with Crippen molar-refractivity contribution in [3.63, 3.8) is 0 Å². The number of carbonyl (C=O) groups excluding carboxylic acids is 2. The molecule has 5 heteroatoms. The van der Waals surface area contributed by atoms with Gasteiger partial charge in [-0.3, -0.25) is 9.59 Å². The first-order valence-corrected chi connectivity index (χ1v) is 5.91. The van der Waals surface area contributed by atoms with Crippen LogP contribution in [0.5, 0.6) is 0 Å². The molecule has 0 rings (SSSR count). The summed E-state index contributed by atoms with van der Waals surface area (Å²) in [5.74, 6) is -0.764. The summed E-state index contributed by atoms with van der Waals surface area (Å²) in [6.07, 6.45) is 0.0561. The van der Waals surface area contributed by atoms with Crippen LogP contribution >= 0.6 is 11.6 Å². The first kappa shape index (κ1) is 15.4. The fourth-order valence-corrected chi connectivity index (χ4v) is 1.86. The van der Waals surface area contributed by atoms with Gasteiger partial charge in [-0.25, -0.2) is 0 Å². The SMILES string of the molecule is CCOC(=O)CC(=O)[C@@H](CC)[C@@H](CCl)OC. The van der Waals surface area contributed by atoms with Crippen LogP contribution in [0.15, 0.2) is 0 Å². The van der Waals surface area contributed by atoms with Gasteiger partial charge in [0.05, 0.1) is 12.7 Å². The highest BCUT2D eigenvalue weighted by molar-refractivity contribution is 6.18. The maximum absolute atomic E-state index is 11.8. The Morgan fingerprint density at radius 2 is 1.94 bits per heavy atom. The van der Waals surface area contributed by atoms with Crippen molar-refractivity contribution >= 4 is 23.4 Å². The summed E-state index contributed by atoms with van der Waals surface area (Å²) in [5.41, 5.74) is 0. The normalized spacial score (nSPS) is 14.2. The average molecular weight is 251 g/mol. The largest absolute Gasteiger partial charge is 0.466 e. The lowest BCUT2D eigenvalue weighted by Crippen LogP contribution is -2.32. The zero-order valence-electron chi connectivity index (χ0n) is 9.99. The van der Waals surface area contributed by atoms with Gasteiger partial charge in [-0.15, -0.1) is 11.6 Å². The lowest BCUT2D eigenvalue weighted by molar-refractivity contribution is -0.147. The highest BCUT2D eigenvalue weighted by atomic mass is 35.5. The van der Waals surface area contributed by atoms with Crippen LogP contribution in [0.4, 0.5) is 0 Å². The maximum Gasteiger partial charge on any atom is 0.313 e. The molecule has 0 radical (unpaired) electrons. The van der Waals surface area contributed by atoms with E-state index in [9.17, 15) is 9.59 Å². The topological polar surface area (TPSA) is 52.6 Å². The lowest BCUT2D eigenvalue weighted by Gasteiger charge is -2.21. The fraction of sp³-hybridized carbons (Fsp3) is 0.818. The Hall–Kier alpha value is -0.610. The molecule has 0 saturated heterocycles. The van der Waals surface area contributed by atoms with Crippen LogP contribution in [0.25, 0.3) is 0 Å². The van der Waals surface area contributed by atoms with Crippen molar-refractivity contribution in [2.24, 2.45) is 5.92 Å². The molecule has 2 atom stereocenters. The number of rotatable bonds is 8. The quantitative estimate of drug-likeness (QED) is 0.374. The molecule has 0 saturated carbocycles. The number of hydrogen-bond acceptors (Lipinski definition) is 4. The summed E-state index contributed by atoms with van der Waals surface area (Å²) < 4.78 is 9.83. The average Bonchev–Trinajstić information content (AvgIpc) is 2.25. The molecular formula is C11H19ClO4. The second kappa shape index (κ2) is 8.53. The Bertz CT molecular complexity index is 226. The van der Waals surface area contributed by atoms with E-state index in [2.05, 4.69) is 0 Å². The van der Waals surface area contributed by atoms with Crippen LogP contribution in [0.3, 0.4) is 0 Å². The molecule has 0 amide bonds. The first-order valence-electron chi connectivity index (χ1n) is 5.37. The number of halogens is 1. The third-order valence-electron chi connectivity index (χ3n) is 2.38. The summed E-state index contributed by atoms with van der Waals surface area (Å²) >= 11 is 5.69. The molecule has 4 nitrogen and oxygen atoms in total. The van der Waals surface area contributed by atoms with Gasteiger partial charge in [-0.1, -0.05) is 6.92 Å². The highest BCUT2D eigenvalue weighted by Gasteiger charge is 2.27. The van der Waals surface area contributed by atoms with E-state index >= 15 is 0 Å². The number of ether oxygens (including phenoxy) is 2. The lowest BCUT2D eigenvalue weighted by atomic mass is 9.93. The van der Waals surface area contributed by atoms with Crippen molar-refractivity contribution in [3.05, 3.63) is 0 Å². The van der Waals surface area contributed by atoms with Crippen molar-refractivity contribution in [3.8, 4) is 0 Å². The predicted molar refractivity (Wildman–Crippen MR) is 61.6 cm³/mol. The van der Waals surface area contributed by atoms with Gasteiger partial charge in [0.1, 0.15) is 12.2 Å². The number of methoxy groups -OCH3 is 1. The number of alkyl halides is 1. The Labute approximate surface area is 101 Å². The third-order valence-corrected chi connectivity index (χ3v) is 2.69. The Kier molecular flexibility index (Phi) is 8.21. The standard InChI is InChI=1S/C11H19ClO4/c1-4-8(10(7-12)15-3)9(13)6-11(14)16-5-2/h8,10H,4-7H2,1-3H3/t8-,10-/m1/s1. The smallest absolute Gasteiger partial charge is 0.313 e. The summed E-state index contributed by atoms with van der Waals surface area (Å²) in [4.78, 5) is 22.9. The molecule has 0 aliphatic heterocycles. The van der Waals surface area contributed by atoms with Gasteiger partial charge in [0.2, 0.25) is 0 Å². The van der Waals surface area contributed by atoms with E-state index in [4.69, 9.17) is 21.1 Å². The Balaban J connectivity index is 4.35. The van der Waals surface area contributed by atoms with Crippen LogP contribution < -0.4 is 0 Å². The molecular weight excluding hydrogens is 232 g/mol. The van der Waals surface area contributed by atoms with Gasteiger partial charge in [0.25, 0.3) is 0 Å². The molecule has 0 fully saturated rings. The van der Waals surface area contributed by atoms with Gasteiger partial charge < -0.3 is 9.47 Å². The second-order valence-corrected chi connectivity index (χ2v) is 3.70. The summed E-state index contributed by atoms with van der Waals surface area (Å²) in [5, 5.41) is 0. The molecule has 94 valence electrons. The molecule has 0 aliphatic rings. The maximum atomic E-state index is 11.8. The van der Waals surface area contributed by atoms with E-state index in [0.717, 1.165) is 0 Å². The molecule has 0 aromatic heterocycles. The molecule has 0 heterocycles. The Morgan fingerprint density at radius 3 is 2.31 bits per heavy atom. The van der Waals surface area contributed by atoms with E-state index < -0.39 is 5.97 Å². The highest BCUT2D eigenvalue weighted by Crippen LogP contribution is 2.16. The van der Waals surface area contributed by atoms with Gasteiger partial charge in [0, 0.05) is 18.9 Å². The zero-order chi connectivity index (χ0) is 12.6. The van der Waals surface area contributed by atoms with E-state index in [1.807, 2.05) is 6.92 Å². The molecule has 0 aliphatic carbocycles. The first-order chi connectivity index (χ1) is 7.60. The van der Waals surface area contributed by atoms with E-state index in [1.54, 1.807) is 6.92 Å². The van der Waals surface area contributed by atoms with E-state index in [-0.39, 0.29) is 36.7 Å². The Morgan fingerprint density at radius 1 is 1.31 bits per heavy atom. The summed E-state index contributed by atoms with van der Waals surface area (Å²) in [7, 11) is 1.51. The molecule has 0 unspecified atom stereocenters. The number of hydrogen-bond donors (Lipinski definition) is 0. The molecule has 0 N–H and O–H groups in total. The van der Waals surface area contributed by atoms with Gasteiger partial charge in [-0.2, -0.15) is 0 Å². The number of esters is 1. The van der Waals surface area contributed by atoms with Crippen molar-refractivity contribution in [1.82, 2.24) is 0 Å². The summed E-state index contributed by atoms with van der Waals surface area (Å²) in [6.45, 7) is 3.86. The minimum atomic E-state index is -0.490. The molecule has 0 spiro atoms. The van der Waals surface area contributed by atoms with Gasteiger partial charge in [-0.05, 0) is 13.3 Å². The molecule has 0 aromatic rings. The monoisotopic (exact) mass is 250 g/mol. The van der Waals surface area contributed by atoms with Crippen LogP contribution in [-0.2, 0) is 19.1 Å². The third kappa shape index (κ3) is 4.94. The van der Waals surface area contributed by atoms with Gasteiger partial charge in [0.15, 0.2) is 0 Å². The van der Waals surface area contributed by atoms with Gasteiger partial charge >= 0.3 is 5.97 Å². The minimum absolute atomic E-state index is 0.173. The molecule has 16 heavy (non-hydrogen) atoms. The van der Waals surface area contributed by atoms with Crippen molar-refractivity contribution in [2.75, 3.05) is 19.6 Å². The minimum Gasteiger partial charge on any atom is -0.466 e. The predicted octanol–water partition coefficient (Wildman–Crippen LogP) is 1.79. The van der Waals surface area contributed by atoms with Crippen LogP contribution in [0, 0.1) is 5.92 Å². The fourth-order valence-electron chi connectivity index (χ4n) is 1.52. The summed E-state index contributed by atoms with van der Waals surface area (Å²) in [6, 6.07) is 0. The second-order valence-electron chi connectivity index (χ2n) is 3.39. The van der Waals surface area contributed by atoms with Crippen LogP contribution in [0.1, 0.15) is 26.7 Å². The number of carbonyl (C=O) groups is 2. The number of Topliss-reactive ketones (excluding diaryl/α,β-unsaturated/α-hetero) is 1. The zero-order valence-corrected chi connectivity index (χ0v) is 10.8.